The third-order valence-corrected chi connectivity index (χ3v) is 6.06. The third-order valence-electron chi connectivity index (χ3n) is 4.51. The number of hydrogen-bond donors (Lipinski definition) is 1. The highest BCUT2D eigenvalue weighted by Gasteiger charge is 2.12. The maximum atomic E-state index is 12.2. The zero-order chi connectivity index (χ0) is 23.0. The highest BCUT2D eigenvalue weighted by Crippen LogP contribution is 2.24. The van der Waals surface area contributed by atoms with Crippen molar-refractivity contribution < 1.29 is 9.53 Å². The standard InChI is InChI=1S/C24H20BrN5O2S/c1-30-23(18-10-12-19(25)13-11-18)28-29-24(30)33-16-22(31)27-26-15-17-6-5-9-21(14-17)32-20-7-3-2-4-8-20/h2-15H,16H2,1H3,(H,27,31)/b26-15-. The molecule has 7 nitrogen and oxygen atoms in total. The summed E-state index contributed by atoms with van der Waals surface area (Å²) >= 11 is 4.72. The zero-order valence-electron chi connectivity index (χ0n) is 17.7. The van der Waals surface area contributed by atoms with Crippen molar-refractivity contribution in [1.82, 2.24) is 20.2 Å². The number of hydrogen-bond acceptors (Lipinski definition) is 6. The van der Waals surface area contributed by atoms with E-state index < -0.39 is 0 Å². The van der Waals surface area contributed by atoms with Crippen molar-refractivity contribution in [2.24, 2.45) is 12.1 Å². The van der Waals surface area contributed by atoms with Crippen LogP contribution in [-0.4, -0.2) is 32.6 Å². The summed E-state index contributed by atoms with van der Waals surface area (Å²) in [4.78, 5) is 12.2. The van der Waals surface area contributed by atoms with Crippen molar-refractivity contribution in [1.29, 1.82) is 0 Å². The molecule has 1 heterocycles. The Morgan fingerprint density at radius 2 is 1.82 bits per heavy atom. The summed E-state index contributed by atoms with van der Waals surface area (Å²) in [7, 11) is 1.88. The van der Waals surface area contributed by atoms with Gasteiger partial charge in [0.2, 0.25) is 0 Å². The molecule has 33 heavy (non-hydrogen) atoms. The van der Waals surface area contributed by atoms with Gasteiger partial charge in [-0.25, -0.2) is 5.43 Å². The average Bonchev–Trinajstić information content (AvgIpc) is 3.19. The van der Waals surface area contributed by atoms with E-state index >= 15 is 0 Å². The van der Waals surface area contributed by atoms with Gasteiger partial charge in [-0.2, -0.15) is 5.10 Å². The number of hydrazone groups is 1. The van der Waals surface area contributed by atoms with Crippen molar-refractivity contribution >= 4 is 39.8 Å². The Kier molecular flexibility index (Phi) is 7.54. The predicted molar refractivity (Wildman–Crippen MR) is 134 cm³/mol. The fraction of sp³-hybridized carbons (Fsp3) is 0.0833. The Morgan fingerprint density at radius 1 is 1.06 bits per heavy atom. The molecule has 4 rings (SSSR count). The van der Waals surface area contributed by atoms with Crippen LogP contribution in [0.15, 0.2) is 93.6 Å². The molecule has 1 N–H and O–H groups in total. The van der Waals surface area contributed by atoms with Crippen LogP contribution in [-0.2, 0) is 11.8 Å². The SMILES string of the molecule is Cn1c(SCC(=O)N/N=C\c2cccc(Oc3ccccc3)c2)nnc1-c1ccc(Br)cc1. The number of halogens is 1. The van der Waals surface area contributed by atoms with E-state index in [1.807, 2.05) is 90.5 Å². The van der Waals surface area contributed by atoms with Crippen LogP contribution in [0.2, 0.25) is 0 Å². The van der Waals surface area contributed by atoms with Crippen molar-refractivity contribution in [3.05, 3.63) is 88.9 Å². The lowest BCUT2D eigenvalue weighted by molar-refractivity contribution is -0.118. The van der Waals surface area contributed by atoms with E-state index in [9.17, 15) is 4.79 Å². The first kappa shape index (κ1) is 22.8. The van der Waals surface area contributed by atoms with Crippen LogP contribution < -0.4 is 10.2 Å². The van der Waals surface area contributed by atoms with E-state index in [2.05, 4.69) is 36.7 Å². The molecule has 0 bridgehead atoms. The van der Waals surface area contributed by atoms with Gasteiger partial charge < -0.3 is 9.30 Å². The van der Waals surface area contributed by atoms with Gasteiger partial charge in [0.25, 0.3) is 5.91 Å². The smallest absolute Gasteiger partial charge is 0.250 e. The van der Waals surface area contributed by atoms with E-state index in [-0.39, 0.29) is 11.7 Å². The maximum absolute atomic E-state index is 12.2. The molecular formula is C24H20BrN5O2S. The average molecular weight is 522 g/mol. The molecule has 166 valence electrons. The van der Waals surface area contributed by atoms with Gasteiger partial charge in [-0.15, -0.1) is 10.2 Å². The number of para-hydroxylation sites is 1. The van der Waals surface area contributed by atoms with Crippen molar-refractivity contribution in [3.63, 3.8) is 0 Å². The van der Waals surface area contributed by atoms with E-state index in [1.54, 1.807) is 6.21 Å². The van der Waals surface area contributed by atoms with Crippen molar-refractivity contribution in [2.75, 3.05) is 5.75 Å². The molecule has 0 spiro atoms. The van der Waals surface area contributed by atoms with E-state index in [4.69, 9.17) is 4.74 Å². The molecule has 3 aromatic carbocycles. The van der Waals surface area contributed by atoms with Crippen LogP contribution in [0.3, 0.4) is 0 Å². The highest BCUT2D eigenvalue weighted by atomic mass is 79.9. The first-order valence-corrected chi connectivity index (χ1v) is 11.8. The quantitative estimate of drug-likeness (QED) is 0.194. The van der Waals surface area contributed by atoms with Gasteiger partial charge in [-0.05, 0) is 42.0 Å². The lowest BCUT2D eigenvalue weighted by Crippen LogP contribution is -2.19. The molecule has 1 amide bonds. The normalized spacial score (nSPS) is 11.0. The number of rotatable bonds is 8. The monoisotopic (exact) mass is 521 g/mol. The number of nitrogens with zero attached hydrogens (tertiary/aromatic N) is 4. The second-order valence-corrected chi connectivity index (χ2v) is 8.80. The van der Waals surface area contributed by atoms with Crippen LogP contribution >= 0.6 is 27.7 Å². The summed E-state index contributed by atoms with van der Waals surface area (Å²) in [6.07, 6.45) is 1.58. The topological polar surface area (TPSA) is 81.4 Å². The second kappa shape index (κ2) is 10.9. The fourth-order valence-corrected chi connectivity index (χ4v) is 3.88. The van der Waals surface area contributed by atoms with Crippen LogP contribution in [0.1, 0.15) is 5.56 Å². The first-order chi connectivity index (χ1) is 16.1. The van der Waals surface area contributed by atoms with E-state index in [0.717, 1.165) is 27.2 Å². The summed E-state index contributed by atoms with van der Waals surface area (Å²) in [5.74, 6) is 2.11. The van der Waals surface area contributed by atoms with Gasteiger partial charge in [0, 0.05) is 17.1 Å². The zero-order valence-corrected chi connectivity index (χ0v) is 20.1. The van der Waals surface area contributed by atoms with Crippen LogP contribution in [0, 0.1) is 0 Å². The number of aromatic nitrogens is 3. The number of carbonyl (C=O) groups excluding carboxylic acids is 1. The van der Waals surface area contributed by atoms with Crippen molar-refractivity contribution in [2.45, 2.75) is 5.16 Å². The molecule has 0 saturated heterocycles. The van der Waals surface area contributed by atoms with Gasteiger partial charge in [-0.1, -0.05) is 70.2 Å². The minimum absolute atomic E-state index is 0.167. The number of carbonyl (C=O) groups is 1. The molecular weight excluding hydrogens is 502 g/mol. The Balaban J connectivity index is 1.29. The molecule has 0 saturated carbocycles. The Bertz CT molecular complexity index is 1260. The molecule has 9 heteroatoms. The first-order valence-electron chi connectivity index (χ1n) is 10.0. The summed E-state index contributed by atoms with van der Waals surface area (Å²) in [6, 6.07) is 24.8. The Labute approximate surface area is 204 Å². The summed E-state index contributed by atoms with van der Waals surface area (Å²) in [5, 5.41) is 13.1. The lowest BCUT2D eigenvalue weighted by atomic mass is 10.2. The molecule has 1 aromatic heterocycles. The minimum Gasteiger partial charge on any atom is -0.457 e. The number of ether oxygens (including phenoxy) is 1. The largest absolute Gasteiger partial charge is 0.457 e. The third kappa shape index (κ3) is 6.30. The van der Waals surface area contributed by atoms with Crippen LogP contribution in [0.4, 0.5) is 0 Å². The number of nitrogens with one attached hydrogen (secondary N) is 1. The Hall–Kier alpha value is -3.43. The minimum atomic E-state index is -0.235. The van der Waals surface area contributed by atoms with Crippen LogP contribution in [0.5, 0.6) is 11.5 Å². The highest BCUT2D eigenvalue weighted by molar-refractivity contribution is 9.10. The van der Waals surface area contributed by atoms with Gasteiger partial charge >= 0.3 is 0 Å². The van der Waals surface area contributed by atoms with Crippen molar-refractivity contribution in [3.8, 4) is 22.9 Å². The predicted octanol–water partition coefficient (Wildman–Crippen LogP) is 5.28. The number of amides is 1. The maximum Gasteiger partial charge on any atom is 0.250 e. The molecule has 0 atom stereocenters. The van der Waals surface area contributed by atoms with Crippen LogP contribution in [0.25, 0.3) is 11.4 Å². The number of thioether (sulfide) groups is 1. The molecule has 0 aliphatic carbocycles. The number of benzene rings is 3. The Morgan fingerprint density at radius 3 is 2.61 bits per heavy atom. The molecule has 0 radical (unpaired) electrons. The van der Waals surface area contributed by atoms with E-state index in [0.29, 0.717) is 10.9 Å². The molecule has 0 aliphatic heterocycles. The lowest BCUT2D eigenvalue weighted by Gasteiger charge is -2.06. The van der Waals surface area contributed by atoms with E-state index in [1.165, 1.54) is 11.8 Å². The summed E-state index contributed by atoms with van der Waals surface area (Å²) in [6.45, 7) is 0. The fourth-order valence-electron chi connectivity index (χ4n) is 2.92. The van der Waals surface area contributed by atoms with Gasteiger partial charge in [0.05, 0.1) is 12.0 Å². The molecule has 0 fully saturated rings. The molecule has 4 aromatic rings. The molecule has 0 unspecified atom stereocenters. The summed E-state index contributed by atoms with van der Waals surface area (Å²) < 4.78 is 8.67. The second-order valence-electron chi connectivity index (χ2n) is 6.94. The molecule has 0 aliphatic rings. The van der Waals surface area contributed by atoms with Gasteiger partial charge in [0.1, 0.15) is 11.5 Å². The van der Waals surface area contributed by atoms with Gasteiger partial charge in [0.15, 0.2) is 11.0 Å². The van der Waals surface area contributed by atoms with Gasteiger partial charge in [-0.3, -0.25) is 4.79 Å². The summed E-state index contributed by atoms with van der Waals surface area (Å²) in [5.41, 5.74) is 4.30.